The second-order valence-electron chi connectivity index (χ2n) is 9.00. The summed E-state index contributed by atoms with van der Waals surface area (Å²) in [6.07, 6.45) is 8.61. The first-order valence-corrected chi connectivity index (χ1v) is 12.1. The van der Waals surface area contributed by atoms with Crippen molar-refractivity contribution >= 4 is 11.0 Å². The van der Waals surface area contributed by atoms with Gasteiger partial charge in [0.05, 0.1) is 19.4 Å². The molecule has 0 atom stereocenters. The lowest BCUT2D eigenvalue weighted by atomic mass is 10.0. The quantitative estimate of drug-likeness (QED) is 0.406. The van der Waals surface area contributed by atoms with E-state index in [0.717, 1.165) is 74.6 Å². The number of benzene rings is 1. The molecule has 0 saturated carbocycles. The third-order valence-corrected chi connectivity index (χ3v) is 6.44. The molecule has 6 heteroatoms. The van der Waals surface area contributed by atoms with E-state index < -0.39 is 0 Å². The van der Waals surface area contributed by atoms with Gasteiger partial charge in [-0.1, -0.05) is 35.9 Å². The third kappa shape index (κ3) is 5.82. The lowest BCUT2D eigenvalue weighted by Gasteiger charge is -2.26. The minimum absolute atomic E-state index is 0.654. The van der Waals surface area contributed by atoms with Crippen molar-refractivity contribution in [3.05, 3.63) is 89.0 Å². The van der Waals surface area contributed by atoms with Gasteiger partial charge < -0.3 is 14.5 Å². The van der Waals surface area contributed by atoms with Gasteiger partial charge in [0.25, 0.3) is 0 Å². The summed E-state index contributed by atoms with van der Waals surface area (Å²) >= 11 is 0. The van der Waals surface area contributed by atoms with E-state index in [1.807, 2.05) is 12.4 Å². The first-order chi connectivity index (χ1) is 16.7. The highest BCUT2D eigenvalue weighted by Gasteiger charge is 2.11. The van der Waals surface area contributed by atoms with Crippen LogP contribution in [0.1, 0.15) is 27.9 Å². The van der Waals surface area contributed by atoms with Crippen molar-refractivity contribution in [1.82, 2.24) is 19.9 Å². The van der Waals surface area contributed by atoms with Crippen LogP contribution in [0.2, 0.25) is 0 Å². The molecule has 1 aliphatic rings. The molecule has 3 aromatic heterocycles. The third-order valence-electron chi connectivity index (χ3n) is 6.44. The molecule has 0 bridgehead atoms. The van der Waals surface area contributed by atoms with Crippen molar-refractivity contribution in [2.45, 2.75) is 26.2 Å². The Morgan fingerprint density at radius 2 is 1.79 bits per heavy atom. The van der Waals surface area contributed by atoms with Gasteiger partial charge in [0, 0.05) is 49.5 Å². The molecule has 1 aliphatic heterocycles. The van der Waals surface area contributed by atoms with Crippen LogP contribution in [0.4, 0.5) is 0 Å². The Morgan fingerprint density at radius 1 is 0.971 bits per heavy atom. The molecular weight excluding hydrogens is 424 g/mol. The number of aromatic nitrogens is 3. The molecule has 1 aromatic carbocycles. The Morgan fingerprint density at radius 3 is 2.59 bits per heavy atom. The zero-order chi connectivity index (χ0) is 23.2. The predicted octanol–water partition coefficient (Wildman–Crippen LogP) is 4.35. The van der Waals surface area contributed by atoms with Crippen LogP contribution in [0.15, 0.2) is 61.1 Å². The van der Waals surface area contributed by atoms with E-state index >= 15 is 0 Å². The van der Waals surface area contributed by atoms with Crippen molar-refractivity contribution in [3.63, 3.8) is 0 Å². The molecular formula is C28H32N4O2. The fourth-order valence-corrected chi connectivity index (χ4v) is 4.34. The topological polar surface area (TPSA) is 63.3 Å². The summed E-state index contributed by atoms with van der Waals surface area (Å²) in [7, 11) is 0. The van der Waals surface area contributed by atoms with Crippen LogP contribution in [0.25, 0.3) is 11.0 Å². The summed E-state index contributed by atoms with van der Waals surface area (Å²) < 4.78 is 11.4. The van der Waals surface area contributed by atoms with Gasteiger partial charge in [-0.3, -0.25) is 9.88 Å². The number of hydrogen-bond acceptors (Lipinski definition) is 5. The van der Waals surface area contributed by atoms with Crippen molar-refractivity contribution in [2.75, 3.05) is 39.5 Å². The van der Waals surface area contributed by atoms with Crippen LogP contribution in [-0.2, 0) is 24.0 Å². The summed E-state index contributed by atoms with van der Waals surface area (Å²) in [5, 5.41) is 1.10. The average Bonchev–Trinajstić information content (AvgIpc) is 3.27. The highest BCUT2D eigenvalue weighted by Crippen LogP contribution is 2.24. The summed E-state index contributed by atoms with van der Waals surface area (Å²) in [5.74, 6) is 0.811. The van der Waals surface area contributed by atoms with Gasteiger partial charge in [-0.2, -0.15) is 0 Å². The second kappa shape index (κ2) is 10.8. The zero-order valence-electron chi connectivity index (χ0n) is 19.8. The number of aryl methyl sites for hydroxylation is 3. The first-order valence-electron chi connectivity index (χ1n) is 12.1. The SMILES string of the molecule is Cc1ccc(CCc2ccc(Cc3c[nH]c4ncc(OCCN5CCOCC5)cc34)cn2)cc1. The maximum atomic E-state index is 6.01. The largest absolute Gasteiger partial charge is 0.491 e. The number of nitrogens with one attached hydrogen (secondary N) is 1. The van der Waals surface area contributed by atoms with Gasteiger partial charge in [0.15, 0.2) is 0 Å². The van der Waals surface area contributed by atoms with E-state index in [1.54, 1.807) is 6.20 Å². The molecule has 0 unspecified atom stereocenters. The maximum Gasteiger partial charge on any atom is 0.138 e. The first kappa shape index (κ1) is 22.6. The Balaban J connectivity index is 1.18. The number of fused-ring (bicyclic) bond motifs is 1. The van der Waals surface area contributed by atoms with Gasteiger partial charge in [0.1, 0.15) is 18.0 Å². The van der Waals surface area contributed by atoms with Crippen molar-refractivity contribution < 1.29 is 9.47 Å². The normalized spacial score (nSPS) is 14.5. The fraction of sp³-hybridized carbons (Fsp3) is 0.357. The molecule has 6 nitrogen and oxygen atoms in total. The van der Waals surface area contributed by atoms with Crippen molar-refractivity contribution in [1.29, 1.82) is 0 Å². The van der Waals surface area contributed by atoms with Crippen LogP contribution >= 0.6 is 0 Å². The average molecular weight is 457 g/mol. The number of pyridine rings is 2. The Hall–Kier alpha value is -3.22. The van der Waals surface area contributed by atoms with Gasteiger partial charge >= 0.3 is 0 Å². The van der Waals surface area contributed by atoms with Gasteiger partial charge in [-0.05, 0) is 48.6 Å². The highest BCUT2D eigenvalue weighted by atomic mass is 16.5. The van der Waals surface area contributed by atoms with Gasteiger partial charge in [-0.15, -0.1) is 0 Å². The summed E-state index contributed by atoms with van der Waals surface area (Å²) in [5.41, 5.74) is 7.06. The van der Waals surface area contributed by atoms with Crippen LogP contribution in [-0.4, -0.2) is 59.3 Å². The molecule has 1 N–H and O–H groups in total. The van der Waals surface area contributed by atoms with Crippen molar-refractivity contribution in [2.24, 2.45) is 0 Å². The van der Waals surface area contributed by atoms with Crippen molar-refractivity contribution in [3.8, 4) is 5.75 Å². The molecule has 4 heterocycles. The summed E-state index contributed by atoms with van der Waals surface area (Å²) in [4.78, 5) is 14.9. The summed E-state index contributed by atoms with van der Waals surface area (Å²) in [6.45, 7) is 7.24. The molecule has 5 rings (SSSR count). The van der Waals surface area contributed by atoms with Crippen LogP contribution in [0.5, 0.6) is 5.75 Å². The summed E-state index contributed by atoms with van der Waals surface area (Å²) in [6, 6.07) is 15.2. The van der Waals surface area contributed by atoms with Crippen LogP contribution in [0, 0.1) is 6.92 Å². The number of rotatable bonds is 9. The molecule has 0 radical (unpaired) electrons. The van der Waals surface area contributed by atoms with Crippen LogP contribution < -0.4 is 4.74 Å². The Kier molecular flexibility index (Phi) is 7.17. The number of morpholine rings is 1. The molecule has 34 heavy (non-hydrogen) atoms. The number of H-pyrrole nitrogens is 1. The van der Waals surface area contributed by atoms with Gasteiger partial charge in [0.2, 0.25) is 0 Å². The Bertz CT molecular complexity index is 1200. The second-order valence-corrected chi connectivity index (χ2v) is 9.00. The van der Waals surface area contributed by atoms with E-state index in [2.05, 4.69) is 64.3 Å². The van der Waals surface area contributed by atoms with E-state index in [4.69, 9.17) is 14.5 Å². The molecule has 0 aliphatic carbocycles. The van der Waals surface area contributed by atoms with E-state index in [9.17, 15) is 0 Å². The molecule has 1 fully saturated rings. The zero-order valence-corrected chi connectivity index (χ0v) is 19.8. The van der Waals surface area contributed by atoms with E-state index in [0.29, 0.717) is 6.61 Å². The number of aromatic amines is 1. The lowest BCUT2D eigenvalue weighted by Crippen LogP contribution is -2.38. The molecule has 0 amide bonds. The van der Waals surface area contributed by atoms with E-state index in [-0.39, 0.29) is 0 Å². The monoisotopic (exact) mass is 456 g/mol. The number of ether oxygens (including phenoxy) is 2. The molecule has 4 aromatic rings. The predicted molar refractivity (Wildman–Crippen MR) is 134 cm³/mol. The van der Waals surface area contributed by atoms with Gasteiger partial charge in [-0.25, -0.2) is 4.98 Å². The minimum Gasteiger partial charge on any atom is -0.491 e. The number of nitrogens with zero attached hydrogens (tertiary/aromatic N) is 3. The molecule has 176 valence electrons. The van der Waals surface area contributed by atoms with E-state index in [1.165, 1.54) is 22.3 Å². The standard InChI is InChI=1S/C28H32N4O2/c1-21-2-4-22(5-3-21)6-8-25-9-7-23(18-29-25)16-24-19-30-28-27(24)17-26(20-31-28)34-15-12-32-10-13-33-14-11-32/h2-5,7,9,17-20H,6,8,10-16H2,1H3,(H,30,31). The maximum absolute atomic E-state index is 6.01. The highest BCUT2D eigenvalue weighted by molar-refractivity contribution is 5.81. The number of hydrogen-bond donors (Lipinski definition) is 1. The Labute approximate surface area is 201 Å². The fourth-order valence-electron chi connectivity index (χ4n) is 4.34. The lowest BCUT2D eigenvalue weighted by molar-refractivity contribution is 0.0322. The molecule has 0 spiro atoms. The minimum atomic E-state index is 0.654. The smallest absolute Gasteiger partial charge is 0.138 e. The van der Waals surface area contributed by atoms with Crippen LogP contribution in [0.3, 0.4) is 0 Å². The molecule has 1 saturated heterocycles.